The largest absolute Gasteiger partial charge is 0.461 e. The Labute approximate surface area is 167 Å². The maximum absolute atomic E-state index is 12.1. The summed E-state index contributed by atoms with van der Waals surface area (Å²) in [5, 5.41) is 2.78. The van der Waals surface area contributed by atoms with Crippen molar-refractivity contribution in [1.82, 2.24) is 4.90 Å². The number of hydrogen-bond donors (Lipinski definition) is 1. The number of ether oxygens (including phenoxy) is 1. The van der Waals surface area contributed by atoms with Crippen LogP contribution in [0.1, 0.15) is 35.3 Å². The van der Waals surface area contributed by atoms with Crippen LogP contribution in [0.3, 0.4) is 0 Å². The van der Waals surface area contributed by atoms with Gasteiger partial charge in [-0.1, -0.05) is 43.7 Å². The molecule has 1 N–H and O–H groups in total. The van der Waals surface area contributed by atoms with Crippen molar-refractivity contribution in [1.29, 1.82) is 0 Å². The molecule has 5 nitrogen and oxygen atoms in total. The second-order valence-electron chi connectivity index (χ2n) is 6.47. The highest BCUT2D eigenvalue weighted by Crippen LogP contribution is 2.11. The lowest BCUT2D eigenvalue weighted by Crippen LogP contribution is -2.27. The van der Waals surface area contributed by atoms with Gasteiger partial charge < -0.3 is 15.0 Å². The van der Waals surface area contributed by atoms with Crippen LogP contribution in [0, 0.1) is 6.92 Å². The van der Waals surface area contributed by atoms with Gasteiger partial charge in [-0.05, 0) is 55.9 Å². The van der Waals surface area contributed by atoms with Crippen LogP contribution in [0.4, 0.5) is 5.69 Å². The van der Waals surface area contributed by atoms with Gasteiger partial charge in [-0.3, -0.25) is 4.79 Å². The molecule has 0 spiro atoms. The van der Waals surface area contributed by atoms with Crippen molar-refractivity contribution in [3.05, 3.63) is 71.3 Å². The predicted octanol–water partition coefficient (Wildman–Crippen LogP) is 4.15. The number of nitrogens with one attached hydrogen (secondary N) is 1. The number of likely N-dealkylation sites (N-methyl/N-ethyl adjacent to an activating group) is 1. The fourth-order valence-corrected chi connectivity index (χ4v) is 2.61. The molecule has 0 aromatic heterocycles. The molecule has 0 radical (unpaired) electrons. The van der Waals surface area contributed by atoms with Crippen molar-refractivity contribution in [2.75, 3.05) is 31.6 Å². The van der Waals surface area contributed by atoms with E-state index in [1.165, 1.54) is 11.6 Å². The summed E-state index contributed by atoms with van der Waals surface area (Å²) in [6.45, 7) is 9.12. The molecule has 0 aliphatic heterocycles. The number of amides is 1. The average Bonchev–Trinajstić information content (AvgIpc) is 2.71. The maximum atomic E-state index is 12.1. The number of benzene rings is 2. The maximum Gasteiger partial charge on any atom is 0.338 e. The van der Waals surface area contributed by atoms with Crippen LogP contribution in [-0.4, -0.2) is 43.0 Å². The Hall–Kier alpha value is -2.92. The Morgan fingerprint density at radius 2 is 1.64 bits per heavy atom. The lowest BCUT2D eigenvalue weighted by atomic mass is 10.1. The van der Waals surface area contributed by atoms with Gasteiger partial charge in [0.05, 0.1) is 5.56 Å². The number of nitrogens with zero attached hydrogens (tertiary/aromatic N) is 1. The Bertz CT molecular complexity index is 792. The van der Waals surface area contributed by atoms with E-state index in [4.69, 9.17) is 4.74 Å². The minimum atomic E-state index is -0.357. The van der Waals surface area contributed by atoms with Crippen molar-refractivity contribution in [3.63, 3.8) is 0 Å². The number of esters is 1. The highest BCUT2D eigenvalue weighted by atomic mass is 16.5. The molecule has 0 unspecified atom stereocenters. The molecule has 2 aromatic rings. The topological polar surface area (TPSA) is 58.6 Å². The molecule has 2 rings (SSSR count). The summed E-state index contributed by atoms with van der Waals surface area (Å²) in [5.41, 5.74) is 3.22. The highest BCUT2D eigenvalue weighted by molar-refractivity contribution is 6.02. The van der Waals surface area contributed by atoms with Crippen molar-refractivity contribution >= 4 is 23.6 Å². The third-order valence-electron chi connectivity index (χ3n) is 4.43. The Balaban J connectivity index is 1.83. The predicted molar refractivity (Wildman–Crippen MR) is 113 cm³/mol. The zero-order valence-corrected chi connectivity index (χ0v) is 16.8. The van der Waals surface area contributed by atoms with E-state index in [-0.39, 0.29) is 11.9 Å². The molecule has 0 saturated heterocycles. The van der Waals surface area contributed by atoms with Crippen LogP contribution in [0.2, 0.25) is 0 Å². The summed E-state index contributed by atoms with van der Waals surface area (Å²) in [6, 6.07) is 14.6. The van der Waals surface area contributed by atoms with Gasteiger partial charge in [-0.15, -0.1) is 0 Å². The van der Waals surface area contributed by atoms with Gasteiger partial charge in [0, 0.05) is 18.3 Å². The molecule has 0 aliphatic rings. The molecule has 0 bridgehead atoms. The number of carbonyl (C=O) groups is 2. The van der Waals surface area contributed by atoms with Crippen LogP contribution < -0.4 is 5.32 Å². The SMILES string of the molecule is CCN(CC)CCOC(=O)c1ccc(NC(=O)C=Cc2ccc(C)cc2)cc1. The Kier molecular flexibility index (Phi) is 8.43. The standard InChI is InChI=1S/C23H28N2O3/c1-4-25(5-2)16-17-28-23(27)20-11-13-21(14-12-20)24-22(26)15-10-19-8-6-18(3)7-9-19/h6-15H,4-5,16-17H2,1-3H3,(H,24,26). The van der Waals surface area contributed by atoms with Gasteiger partial charge in [0.15, 0.2) is 0 Å². The zero-order valence-electron chi connectivity index (χ0n) is 16.8. The van der Waals surface area contributed by atoms with Crippen LogP contribution >= 0.6 is 0 Å². The van der Waals surface area contributed by atoms with Crippen molar-refractivity contribution < 1.29 is 14.3 Å². The molecule has 28 heavy (non-hydrogen) atoms. The van der Waals surface area contributed by atoms with Gasteiger partial charge in [0.1, 0.15) is 6.61 Å². The first-order valence-corrected chi connectivity index (χ1v) is 9.57. The van der Waals surface area contributed by atoms with E-state index in [1.807, 2.05) is 31.2 Å². The molecule has 1 amide bonds. The first-order chi connectivity index (χ1) is 13.5. The number of carbonyl (C=O) groups excluding carboxylic acids is 2. The van der Waals surface area contributed by atoms with Crippen molar-refractivity contribution in [2.45, 2.75) is 20.8 Å². The van der Waals surface area contributed by atoms with Gasteiger partial charge in [-0.2, -0.15) is 0 Å². The molecule has 0 saturated carbocycles. The third kappa shape index (κ3) is 7.00. The Morgan fingerprint density at radius 1 is 1.00 bits per heavy atom. The molecular formula is C23H28N2O3. The molecule has 2 aromatic carbocycles. The van der Waals surface area contributed by atoms with Crippen LogP contribution in [0.25, 0.3) is 6.08 Å². The van der Waals surface area contributed by atoms with E-state index in [0.29, 0.717) is 17.9 Å². The fraction of sp³-hybridized carbons (Fsp3) is 0.304. The van der Waals surface area contributed by atoms with Crippen molar-refractivity contribution in [2.24, 2.45) is 0 Å². The van der Waals surface area contributed by atoms with Gasteiger partial charge in [0.2, 0.25) is 5.91 Å². The van der Waals surface area contributed by atoms with Gasteiger partial charge >= 0.3 is 5.97 Å². The summed E-state index contributed by atoms with van der Waals surface area (Å²) >= 11 is 0. The molecule has 0 fully saturated rings. The van der Waals surface area contributed by atoms with Crippen LogP contribution in [-0.2, 0) is 9.53 Å². The molecule has 5 heteroatoms. The van der Waals surface area contributed by atoms with E-state index in [0.717, 1.165) is 25.2 Å². The average molecular weight is 380 g/mol. The van der Waals surface area contributed by atoms with E-state index < -0.39 is 0 Å². The third-order valence-corrected chi connectivity index (χ3v) is 4.43. The van der Waals surface area contributed by atoms with Gasteiger partial charge in [0.25, 0.3) is 0 Å². The summed E-state index contributed by atoms with van der Waals surface area (Å²) < 4.78 is 5.30. The Morgan fingerprint density at radius 3 is 2.25 bits per heavy atom. The van der Waals surface area contributed by atoms with E-state index in [1.54, 1.807) is 30.3 Å². The summed E-state index contributed by atoms with van der Waals surface area (Å²) in [6.07, 6.45) is 3.25. The lowest BCUT2D eigenvalue weighted by Gasteiger charge is -2.17. The van der Waals surface area contributed by atoms with Crippen LogP contribution in [0.5, 0.6) is 0 Å². The lowest BCUT2D eigenvalue weighted by molar-refractivity contribution is -0.111. The normalized spacial score (nSPS) is 11.0. The smallest absolute Gasteiger partial charge is 0.338 e. The molecular weight excluding hydrogens is 352 g/mol. The molecule has 0 aliphatic carbocycles. The van der Waals surface area contributed by atoms with Gasteiger partial charge in [-0.25, -0.2) is 4.79 Å². The summed E-state index contributed by atoms with van der Waals surface area (Å²) in [7, 11) is 0. The first kappa shape index (κ1) is 21.4. The molecule has 0 atom stereocenters. The second-order valence-corrected chi connectivity index (χ2v) is 6.47. The summed E-state index contributed by atoms with van der Waals surface area (Å²) in [5.74, 6) is -0.584. The minimum absolute atomic E-state index is 0.227. The fourth-order valence-electron chi connectivity index (χ4n) is 2.61. The number of rotatable bonds is 9. The first-order valence-electron chi connectivity index (χ1n) is 9.57. The minimum Gasteiger partial charge on any atom is -0.461 e. The number of aryl methyl sites for hydroxylation is 1. The second kappa shape index (κ2) is 11.0. The van der Waals surface area contributed by atoms with E-state index >= 15 is 0 Å². The molecule has 0 heterocycles. The van der Waals surface area contributed by atoms with E-state index in [9.17, 15) is 9.59 Å². The van der Waals surface area contributed by atoms with Crippen LogP contribution in [0.15, 0.2) is 54.6 Å². The van der Waals surface area contributed by atoms with E-state index in [2.05, 4.69) is 24.1 Å². The summed E-state index contributed by atoms with van der Waals surface area (Å²) in [4.78, 5) is 26.3. The zero-order chi connectivity index (χ0) is 20.4. The number of anilines is 1. The monoisotopic (exact) mass is 380 g/mol. The quantitative estimate of drug-likeness (QED) is 0.525. The number of hydrogen-bond acceptors (Lipinski definition) is 4. The molecule has 148 valence electrons. The van der Waals surface area contributed by atoms with Crippen molar-refractivity contribution in [3.8, 4) is 0 Å². The highest BCUT2D eigenvalue weighted by Gasteiger charge is 2.08.